The molecule has 20 heavy (non-hydrogen) atoms. The van der Waals surface area contributed by atoms with E-state index in [2.05, 4.69) is 17.6 Å². The fraction of sp³-hybridized carbons (Fsp3) is 0.533. The molecule has 0 saturated carbocycles. The lowest BCUT2D eigenvalue weighted by Crippen LogP contribution is -2.20. The summed E-state index contributed by atoms with van der Waals surface area (Å²) >= 11 is 0. The second-order valence-electron chi connectivity index (χ2n) is 4.42. The van der Waals surface area contributed by atoms with Crippen LogP contribution in [0.5, 0.6) is 11.5 Å². The molecule has 0 aliphatic heterocycles. The summed E-state index contributed by atoms with van der Waals surface area (Å²) < 4.78 is 10.9. The zero-order chi connectivity index (χ0) is 14.8. The summed E-state index contributed by atoms with van der Waals surface area (Å²) in [5.74, 6) is 1.57. The molecular weight excluding hydrogens is 256 g/mol. The second kappa shape index (κ2) is 9.20. The topological polar surface area (TPSA) is 59.6 Å². The molecule has 0 atom stereocenters. The lowest BCUT2D eigenvalue weighted by atomic mass is 10.2. The van der Waals surface area contributed by atoms with Gasteiger partial charge in [-0.1, -0.05) is 6.92 Å². The monoisotopic (exact) mass is 280 g/mol. The molecule has 1 amide bonds. The van der Waals surface area contributed by atoms with Gasteiger partial charge in [-0.3, -0.25) is 4.79 Å². The van der Waals surface area contributed by atoms with Gasteiger partial charge >= 0.3 is 0 Å². The highest BCUT2D eigenvalue weighted by Gasteiger charge is 2.07. The van der Waals surface area contributed by atoms with E-state index in [1.54, 1.807) is 14.2 Å². The van der Waals surface area contributed by atoms with E-state index in [1.165, 1.54) is 0 Å². The highest BCUT2D eigenvalue weighted by molar-refractivity contribution is 5.75. The van der Waals surface area contributed by atoms with E-state index in [9.17, 15) is 4.79 Å². The maximum absolute atomic E-state index is 11.2. The number of hydrogen-bond donors (Lipinski definition) is 2. The summed E-state index contributed by atoms with van der Waals surface area (Å²) in [6, 6.07) is 5.70. The molecule has 112 valence electrons. The van der Waals surface area contributed by atoms with Gasteiger partial charge in [-0.05, 0) is 31.2 Å². The van der Waals surface area contributed by atoms with E-state index < -0.39 is 0 Å². The van der Waals surface area contributed by atoms with Gasteiger partial charge in [-0.15, -0.1) is 0 Å². The summed E-state index contributed by atoms with van der Waals surface area (Å²) in [5.41, 5.74) is 1.04. The van der Waals surface area contributed by atoms with Gasteiger partial charge in [0.25, 0.3) is 0 Å². The van der Waals surface area contributed by atoms with Crippen LogP contribution in [0, 0.1) is 0 Å². The maximum Gasteiger partial charge on any atom is 0.223 e. The van der Waals surface area contributed by atoms with Crippen LogP contribution in [0.1, 0.15) is 25.3 Å². The Balaban J connectivity index is 2.64. The van der Waals surface area contributed by atoms with Gasteiger partial charge < -0.3 is 20.1 Å². The Kier molecular flexibility index (Phi) is 7.50. The van der Waals surface area contributed by atoms with Crippen LogP contribution in [-0.4, -0.2) is 33.2 Å². The minimum atomic E-state index is -0.0239. The molecule has 0 aromatic heterocycles. The first-order valence-corrected chi connectivity index (χ1v) is 6.92. The van der Waals surface area contributed by atoms with Gasteiger partial charge in [0.2, 0.25) is 5.91 Å². The van der Waals surface area contributed by atoms with Gasteiger partial charge in [-0.2, -0.15) is 0 Å². The predicted molar refractivity (Wildman–Crippen MR) is 79.2 cm³/mol. The van der Waals surface area contributed by atoms with Crippen LogP contribution in [0.2, 0.25) is 0 Å². The molecule has 0 fully saturated rings. The van der Waals surface area contributed by atoms with Crippen molar-refractivity contribution < 1.29 is 14.3 Å². The quantitative estimate of drug-likeness (QED) is 0.676. The first-order valence-electron chi connectivity index (χ1n) is 6.92. The van der Waals surface area contributed by atoms with Crippen LogP contribution in [0.25, 0.3) is 0 Å². The van der Waals surface area contributed by atoms with E-state index in [4.69, 9.17) is 9.47 Å². The Labute approximate surface area is 120 Å². The molecule has 5 nitrogen and oxygen atoms in total. The van der Waals surface area contributed by atoms with Gasteiger partial charge in [-0.25, -0.2) is 0 Å². The van der Waals surface area contributed by atoms with Crippen LogP contribution < -0.4 is 20.1 Å². The molecular formula is C15H24N2O3. The summed E-state index contributed by atoms with van der Waals surface area (Å²) in [7, 11) is 3.26. The van der Waals surface area contributed by atoms with Crippen LogP contribution in [0.3, 0.4) is 0 Å². The molecule has 0 bridgehead atoms. The minimum Gasteiger partial charge on any atom is -0.497 e. The maximum atomic E-state index is 11.2. The summed E-state index contributed by atoms with van der Waals surface area (Å²) in [6.45, 7) is 4.17. The van der Waals surface area contributed by atoms with E-state index >= 15 is 0 Å². The third-order valence-corrected chi connectivity index (χ3v) is 2.88. The molecule has 0 spiro atoms. The number of ether oxygens (including phenoxy) is 2. The number of amides is 1. The zero-order valence-corrected chi connectivity index (χ0v) is 12.5. The summed E-state index contributed by atoms with van der Waals surface area (Å²) in [6.07, 6.45) is 1.43. The van der Waals surface area contributed by atoms with Crippen molar-refractivity contribution in [3.8, 4) is 11.5 Å². The number of nitrogens with one attached hydrogen (secondary N) is 2. The Hall–Kier alpha value is -1.75. The lowest BCUT2D eigenvalue weighted by molar-refractivity contribution is -0.121. The number of carbonyl (C=O) groups excluding carboxylic acids is 1. The molecule has 0 radical (unpaired) electrons. The fourth-order valence-corrected chi connectivity index (χ4v) is 1.74. The molecule has 5 heteroatoms. The Morgan fingerprint density at radius 2 is 2.15 bits per heavy atom. The number of hydrogen-bond acceptors (Lipinski definition) is 4. The molecule has 0 saturated heterocycles. The number of methoxy groups -OCH3 is 1. The number of carbonyl (C=O) groups is 1. The molecule has 0 aliphatic carbocycles. The van der Waals surface area contributed by atoms with Crippen molar-refractivity contribution in [2.75, 3.05) is 27.3 Å². The van der Waals surface area contributed by atoms with E-state index in [-0.39, 0.29) is 5.91 Å². The smallest absolute Gasteiger partial charge is 0.223 e. The highest BCUT2D eigenvalue weighted by atomic mass is 16.5. The van der Waals surface area contributed by atoms with E-state index in [0.717, 1.165) is 36.6 Å². The molecule has 1 rings (SSSR count). The van der Waals surface area contributed by atoms with Crippen molar-refractivity contribution in [3.63, 3.8) is 0 Å². The van der Waals surface area contributed by atoms with Crippen molar-refractivity contribution in [2.24, 2.45) is 0 Å². The van der Waals surface area contributed by atoms with Crippen LogP contribution in [0.4, 0.5) is 0 Å². The normalized spacial score (nSPS) is 10.2. The summed E-state index contributed by atoms with van der Waals surface area (Å²) in [5, 5.41) is 5.91. The molecule has 0 heterocycles. The van der Waals surface area contributed by atoms with Crippen molar-refractivity contribution >= 4 is 5.91 Å². The van der Waals surface area contributed by atoms with Crippen LogP contribution in [-0.2, 0) is 11.3 Å². The standard InChI is InChI=1S/C15H24N2O3/c1-4-8-17-11-12-10-13(19-3)5-6-14(12)20-9-7-15(18)16-2/h5-6,10,17H,4,7-9,11H2,1-3H3,(H,16,18). The van der Waals surface area contributed by atoms with E-state index in [1.807, 2.05) is 18.2 Å². The first-order chi connectivity index (χ1) is 9.71. The van der Waals surface area contributed by atoms with Gasteiger partial charge in [0.15, 0.2) is 0 Å². The second-order valence-corrected chi connectivity index (χ2v) is 4.42. The summed E-state index contributed by atoms with van der Waals surface area (Å²) in [4.78, 5) is 11.2. The number of benzene rings is 1. The Morgan fingerprint density at radius 3 is 2.80 bits per heavy atom. The molecule has 2 N–H and O–H groups in total. The average molecular weight is 280 g/mol. The lowest BCUT2D eigenvalue weighted by Gasteiger charge is -2.13. The largest absolute Gasteiger partial charge is 0.497 e. The number of rotatable bonds is 9. The van der Waals surface area contributed by atoms with Crippen molar-refractivity contribution in [1.82, 2.24) is 10.6 Å². The first kappa shape index (κ1) is 16.3. The van der Waals surface area contributed by atoms with Gasteiger partial charge in [0.1, 0.15) is 11.5 Å². The third kappa shape index (κ3) is 5.48. The average Bonchev–Trinajstić information content (AvgIpc) is 2.48. The van der Waals surface area contributed by atoms with Gasteiger partial charge in [0, 0.05) is 19.2 Å². The van der Waals surface area contributed by atoms with Crippen LogP contribution in [0.15, 0.2) is 18.2 Å². The Morgan fingerprint density at radius 1 is 1.35 bits per heavy atom. The molecule has 1 aromatic rings. The molecule has 0 unspecified atom stereocenters. The Bertz CT molecular complexity index is 422. The van der Waals surface area contributed by atoms with E-state index in [0.29, 0.717) is 13.0 Å². The molecule has 0 aliphatic rings. The van der Waals surface area contributed by atoms with Gasteiger partial charge in [0.05, 0.1) is 20.1 Å². The molecule has 1 aromatic carbocycles. The SMILES string of the molecule is CCCNCc1cc(OC)ccc1OCCC(=O)NC. The zero-order valence-electron chi connectivity index (χ0n) is 12.5. The third-order valence-electron chi connectivity index (χ3n) is 2.88. The van der Waals surface area contributed by atoms with Crippen molar-refractivity contribution in [1.29, 1.82) is 0 Å². The van der Waals surface area contributed by atoms with Crippen molar-refractivity contribution in [3.05, 3.63) is 23.8 Å². The van der Waals surface area contributed by atoms with Crippen molar-refractivity contribution in [2.45, 2.75) is 26.3 Å². The van der Waals surface area contributed by atoms with Crippen LogP contribution >= 0.6 is 0 Å². The fourth-order valence-electron chi connectivity index (χ4n) is 1.74. The minimum absolute atomic E-state index is 0.0239. The highest BCUT2D eigenvalue weighted by Crippen LogP contribution is 2.24. The predicted octanol–water partition coefficient (Wildman–Crippen LogP) is 1.71.